The highest BCUT2D eigenvalue weighted by Gasteiger charge is 2.15. The first-order valence-electron chi connectivity index (χ1n) is 5.51. The minimum atomic E-state index is -0.843. The average molecular weight is 274 g/mol. The summed E-state index contributed by atoms with van der Waals surface area (Å²) in [6.45, 7) is 0. The summed E-state index contributed by atoms with van der Waals surface area (Å²) in [5, 5.41) is 20.6. The van der Waals surface area contributed by atoms with Crippen molar-refractivity contribution in [3.05, 3.63) is 59.2 Å². The molecule has 0 unspecified atom stereocenters. The van der Waals surface area contributed by atoms with E-state index >= 15 is 0 Å². The van der Waals surface area contributed by atoms with E-state index < -0.39 is 23.3 Å². The van der Waals surface area contributed by atoms with Gasteiger partial charge in [-0.05, 0) is 30.3 Å². The predicted molar refractivity (Wildman–Crippen MR) is 67.1 cm³/mol. The van der Waals surface area contributed by atoms with Crippen LogP contribution in [0.4, 0.5) is 14.5 Å². The second-order valence-corrected chi connectivity index (χ2v) is 3.89. The van der Waals surface area contributed by atoms with Crippen LogP contribution in [-0.2, 0) is 0 Å². The van der Waals surface area contributed by atoms with Gasteiger partial charge in [-0.2, -0.15) is 5.26 Å². The number of nitriles is 1. The zero-order valence-electron chi connectivity index (χ0n) is 10.0. The number of hydrogen-bond donors (Lipinski definition) is 2. The largest absolute Gasteiger partial charge is 0.507 e. The summed E-state index contributed by atoms with van der Waals surface area (Å²) in [6, 6.07) is 8.21. The van der Waals surface area contributed by atoms with Crippen molar-refractivity contribution in [3.8, 4) is 11.8 Å². The number of phenolic OH excluding ortho intramolecular Hbond substituents is 1. The van der Waals surface area contributed by atoms with Gasteiger partial charge in [0.1, 0.15) is 29.0 Å². The lowest BCUT2D eigenvalue weighted by molar-refractivity contribution is 0.102. The zero-order chi connectivity index (χ0) is 14.7. The molecule has 1 amide bonds. The molecular formula is C14H8F2N2O2. The Bertz CT molecular complexity index is 724. The van der Waals surface area contributed by atoms with Crippen molar-refractivity contribution in [3.63, 3.8) is 0 Å². The first-order chi connectivity index (χ1) is 9.52. The van der Waals surface area contributed by atoms with E-state index in [0.717, 1.165) is 24.3 Å². The number of halogens is 2. The minimum absolute atomic E-state index is 0.0545. The second-order valence-electron chi connectivity index (χ2n) is 3.89. The number of nitrogens with zero attached hydrogens (tertiary/aromatic N) is 1. The van der Waals surface area contributed by atoms with Gasteiger partial charge in [-0.3, -0.25) is 4.79 Å². The summed E-state index contributed by atoms with van der Waals surface area (Å²) >= 11 is 0. The third-order valence-electron chi connectivity index (χ3n) is 2.58. The second kappa shape index (κ2) is 5.36. The van der Waals surface area contributed by atoms with Gasteiger partial charge in [0.25, 0.3) is 5.91 Å². The quantitative estimate of drug-likeness (QED) is 0.884. The third kappa shape index (κ3) is 2.57. The number of rotatable bonds is 2. The van der Waals surface area contributed by atoms with Crippen LogP contribution < -0.4 is 5.32 Å². The molecule has 0 atom stereocenters. The molecule has 6 heteroatoms. The molecule has 100 valence electrons. The Labute approximate surface area is 112 Å². The van der Waals surface area contributed by atoms with Crippen molar-refractivity contribution >= 4 is 11.6 Å². The van der Waals surface area contributed by atoms with Crippen LogP contribution in [0.2, 0.25) is 0 Å². The van der Waals surface area contributed by atoms with Gasteiger partial charge in [0.15, 0.2) is 0 Å². The molecule has 0 aliphatic rings. The molecule has 0 bridgehead atoms. The van der Waals surface area contributed by atoms with E-state index in [9.17, 15) is 18.7 Å². The fourth-order valence-electron chi connectivity index (χ4n) is 1.62. The summed E-state index contributed by atoms with van der Waals surface area (Å²) in [6.07, 6.45) is 0. The van der Waals surface area contributed by atoms with Gasteiger partial charge in [0.05, 0.1) is 11.3 Å². The lowest BCUT2D eigenvalue weighted by atomic mass is 10.1. The van der Waals surface area contributed by atoms with Crippen molar-refractivity contribution in [2.45, 2.75) is 0 Å². The summed E-state index contributed by atoms with van der Waals surface area (Å²) in [5.74, 6) is -2.75. The number of hydrogen-bond acceptors (Lipinski definition) is 3. The molecule has 2 N–H and O–H groups in total. The molecule has 0 radical (unpaired) electrons. The number of aromatic hydroxyl groups is 1. The van der Waals surface area contributed by atoms with Crippen LogP contribution in [0.1, 0.15) is 15.9 Å². The van der Waals surface area contributed by atoms with Crippen LogP contribution in [0.3, 0.4) is 0 Å². The van der Waals surface area contributed by atoms with Gasteiger partial charge >= 0.3 is 0 Å². The maximum Gasteiger partial charge on any atom is 0.259 e. The number of phenols is 1. The molecule has 0 fully saturated rings. The van der Waals surface area contributed by atoms with E-state index in [0.29, 0.717) is 0 Å². The van der Waals surface area contributed by atoms with E-state index in [2.05, 4.69) is 5.32 Å². The number of nitrogens with one attached hydrogen (secondary N) is 1. The Kier molecular flexibility index (Phi) is 3.62. The van der Waals surface area contributed by atoms with Crippen LogP contribution in [-0.4, -0.2) is 11.0 Å². The highest BCUT2D eigenvalue weighted by Crippen LogP contribution is 2.22. The smallest absolute Gasteiger partial charge is 0.259 e. The van der Waals surface area contributed by atoms with Gasteiger partial charge in [-0.15, -0.1) is 0 Å². The zero-order valence-corrected chi connectivity index (χ0v) is 10.0. The molecule has 20 heavy (non-hydrogen) atoms. The lowest BCUT2D eigenvalue weighted by Crippen LogP contribution is -2.13. The maximum atomic E-state index is 13.4. The molecule has 0 spiro atoms. The fraction of sp³-hybridized carbons (Fsp3) is 0. The summed E-state index contributed by atoms with van der Waals surface area (Å²) in [7, 11) is 0. The summed E-state index contributed by atoms with van der Waals surface area (Å²) in [4.78, 5) is 11.9. The molecule has 0 heterocycles. The van der Waals surface area contributed by atoms with Crippen molar-refractivity contribution in [2.75, 3.05) is 5.32 Å². The molecule has 2 rings (SSSR count). The summed E-state index contributed by atoms with van der Waals surface area (Å²) in [5.41, 5.74) is -0.698. The van der Waals surface area contributed by atoms with Crippen molar-refractivity contribution < 1.29 is 18.7 Å². The van der Waals surface area contributed by atoms with Gasteiger partial charge in [-0.1, -0.05) is 6.07 Å². The first kappa shape index (κ1) is 13.5. The highest BCUT2D eigenvalue weighted by molar-refractivity contribution is 6.06. The van der Waals surface area contributed by atoms with Crippen LogP contribution in [0.5, 0.6) is 5.75 Å². The Hall–Kier alpha value is -2.94. The average Bonchev–Trinajstić information content (AvgIpc) is 2.41. The van der Waals surface area contributed by atoms with Crippen molar-refractivity contribution in [1.29, 1.82) is 5.26 Å². The molecule has 2 aromatic rings. The maximum absolute atomic E-state index is 13.4. The number of carbonyl (C=O) groups is 1. The van der Waals surface area contributed by atoms with E-state index in [1.807, 2.05) is 0 Å². The number of benzene rings is 2. The highest BCUT2D eigenvalue weighted by atomic mass is 19.1. The van der Waals surface area contributed by atoms with E-state index in [4.69, 9.17) is 5.26 Å². The normalized spacial score (nSPS) is 9.85. The summed E-state index contributed by atoms with van der Waals surface area (Å²) < 4.78 is 26.4. The van der Waals surface area contributed by atoms with Crippen LogP contribution in [0.15, 0.2) is 36.4 Å². The molecule has 0 aliphatic heterocycles. The Morgan fingerprint density at radius 3 is 2.70 bits per heavy atom. The minimum Gasteiger partial charge on any atom is -0.507 e. The topological polar surface area (TPSA) is 73.1 Å². The first-order valence-corrected chi connectivity index (χ1v) is 5.51. The van der Waals surface area contributed by atoms with Crippen molar-refractivity contribution in [1.82, 2.24) is 0 Å². The predicted octanol–water partition coefficient (Wildman–Crippen LogP) is 2.79. The Morgan fingerprint density at radius 1 is 1.25 bits per heavy atom. The van der Waals surface area contributed by atoms with E-state index in [1.54, 1.807) is 6.07 Å². The lowest BCUT2D eigenvalue weighted by Gasteiger charge is -2.08. The molecule has 4 nitrogen and oxygen atoms in total. The van der Waals surface area contributed by atoms with Gasteiger partial charge in [0, 0.05) is 0 Å². The molecule has 0 aromatic heterocycles. The SMILES string of the molecule is N#Cc1c(F)cccc1NC(=O)c1cc(F)ccc1O. The monoisotopic (exact) mass is 274 g/mol. The molecule has 0 aliphatic carbocycles. The van der Waals surface area contributed by atoms with Crippen LogP contribution >= 0.6 is 0 Å². The molecule has 0 saturated carbocycles. The van der Waals surface area contributed by atoms with Gasteiger partial charge < -0.3 is 10.4 Å². The van der Waals surface area contributed by atoms with E-state index in [-0.39, 0.29) is 16.8 Å². The number of amides is 1. The molecule has 0 saturated heterocycles. The van der Waals surface area contributed by atoms with Crippen LogP contribution in [0, 0.1) is 23.0 Å². The van der Waals surface area contributed by atoms with Crippen LogP contribution in [0.25, 0.3) is 0 Å². The molecular weight excluding hydrogens is 266 g/mol. The van der Waals surface area contributed by atoms with Gasteiger partial charge in [-0.25, -0.2) is 8.78 Å². The standard InChI is InChI=1S/C14H8F2N2O2/c15-8-4-5-13(19)9(6-8)14(20)18-12-3-1-2-11(16)10(12)7-17/h1-6,19H,(H,18,20). The van der Waals surface area contributed by atoms with Crippen molar-refractivity contribution in [2.24, 2.45) is 0 Å². The third-order valence-corrected chi connectivity index (χ3v) is 2.58. The number of anilines is 1. The van der Waals surface area contributed by atoms with Gasteiger partial charge in [0.2, 0.25) is 0 Å². The van der Waals surface area contributed by atoms with E-state index in [1.165, 1.54) is 12.1 Å². The number of carbonyl (C=O) groups excluding carboxylic acids is 1. The Balaban J connectivity index is 2.36. The fourth-order valence-corrected chi connectivity index (χ4v) is 1.62. The Morgan fingerprint density at radius 2 is 2.00 bits per heavy atom. The molecule has 2 aromatic carbocycles.